The first-order chi connectivity index (χ1) is 12.2. The Morgan fingerprint density at radius 1 is 1.12 bits per heavy atom. The van der Waals surface area contributed by atoms with Crippen LogP contribution in [0.2, 0.25) is 0 Å². The number of hydrogen-bond acceptors (Lipinski definition) is 4. The van der Waals surface area contributed by atoms with Gasteiger partial charge in [-0.2, -0.15) is 0 Å². The number of aromatic nitrogens is 1. The highest BCUT2D eigenvalue weighted by Gasteiger charge is 2.24. The minimum Gasteiger partial charge on any atom is -0.444 e. The molecule has 0 atom stereocenters. The van der Waals surface area contributed by atoms with E-state index in [-0.39, 0.29) is 18.4 Å². The zero-order valence-corrected chi connectivity index (χ0v) is 14.3. The first kappa shape index (κ1) is 17.0. The van der Waals surface area contributed by atoms with E-state index in [1.54, 1.807) is 9.80 Å². The van der Waals surface area contributed by atoms with Gasteiger partial charge >= 0.3 is 6.03 Å². The van der Waals surface area contributed by atoms with Gasteiger partial charge in [-0.15, -0.1) is 0 Å². The van der Waals surface area contributed by atoms with Crippen molar-refractivity contribution < 1.29 is 14.0 Å². The van der Waals surface area contributed by atoms with Crippen LogP contribution in [0.25, 0.3) is 11.5 Å². The quantitative estimate of drug-likeness (QED) is 0.918. The predicted octanol–water partition coefficient (Wildman–Crippen LogP) is 1.76. The Hall–Kier alpha value is -2.83. The topological polar surface area (TPSA) is 78.7 Å². The van der Waals surface area contributed by atoms with E-state index in [4.69, 9.17) is 4.42 Å². The number of oxazole rings is 1. The van der Waals surface area contributed by atoms with E-state index in [1.165, 1.54) is 6.26 Å². The third-order valence-electron chi connectivity index (χ3n) is 4.15. The lowest BCUT2D eigenvalue weighted by Crippen LogP contribution is -2.53. The molecule has 0 radical (unpaired) electrons. The second-order valence-corrected chi connectivity index (χ2v) is 5.89. The molecule has 25 heavy (non-hydrogen) atoms. The smallest absolute Gasteiger partial charge is 0.317 e. The fourth-order valence-corrected chi connectivity index (χ4v) is 2.79. The van der Waals surface area contributed by atoms with Crippen LogP contribution in [-0.4, -0.2) is 59.4 Å². The third kappa shape index (κ3) is 4.17. The van der Waals surface area contributed by atoms with E-state index in [1.807, 2.05) is 37.3 Å². The molecule has 3 amide bonds. The second kappa shape index (κ2) is 7.83. The fourth-order valence-electron chi connectivity index (χ4n) is 2.79. The molecule has 1 aromatic carbocycles. The van der Waals surface area contributed by atoms with Crippen LogP contribution in [0.1, 0.15) is 12.6 Å². The number of carbonyl (C=O) groups is 2. The summed E-state index contributed by atoms with van der Waals surface area (Å²) in [5, 5.41) is 2.78. The van der Waals surface area contributed by atoms with Crippen LogP contribution in [0, 0.1) is 0 Å². The summed E-state index contributed by atoms with van der Waals surface area (Å²) in [6.45, 7) is 4.67. The number of urea groups is 1. The molecule has 1 aliphatic rings. The van der Waals surface area contributed by atoms with Crippen LogP contribution in [0.5, 0.6) is 0 Å². The summed E-state index contributed by atoms with van der Waals surface area (Å²) in [5.41, 5.74) is 1.51. The number of amides is 3. The molecule has 3 rings (SSSR count). The van der Waals surface area contributed by atoms with Crippen molar-refractivity contribution in [2.75, 3.05) is 32.7 Å². The average Bonchev–Trinajstić information content (AvgIpc) is 3.11. The zero-order valence-electron chi connectivity index (χ0n) is 14.3. The van der Waals surface area contributed by atoms with E-state index in [0.29, 0.717) is 44.3 Å². The summed E-state index contributed by atoms with van der Waals surface area (Å²) in [4.78, 5) is 32.1. The molecule has 1 aromatic heterocycles. The first-order valence-electron chi connectivity index (χ1n) is 8.47. The minimum absolute atomic E-state index is 0.00320. The number of carbonyl (C=O) groups excluding carboxylic acids is 2. The molecule has 1 fully saturated rings. The summed E-state index contributed by atoms with van der Waals surface area (Å²) in [5.74, 6) is 0.521. The molecule has 7 heteroatoms. The lowest BCUT2D eigenvalue weighted by molar-refractivity contribution is -0.131. The highest BCUT2D eigenvalue weighted by atomic mass is 16.3. The molecule has 0 aliphatic carbocycles. The van der Waals surface area contributed by atoms with Crippen molar-refractivity contribution in [2.24, 2.45) is 0 Å². The Balaban J connectivity index is 1.54. The standard InChI is InChI=1S/C18H22N4O3/c1-2-19-18(24)22-10-8-21(9-11-22)16(23)12-15-13-25-17(20-15)14-6-4-3-5-7-14/h3-7,13H,2,8-12H2,1H3,(H,19,24). The Kier molecular flexibility index (Phi) is 5.33. The van der Waals surface area contributed by atoms with E-state index in [0.717, 1.165) is 5.56 Å². The third-order valence-corrected chi connectivity index (χ3v) is 4.15. The van der Waals surface area contributed by atoms with Gasteiger partial charge < -0.3 is 19.5 Å². The van der Waals surface area contributed by atoms with Crippen LogP contribution >= 0.6 is 0 Å². The predicted molar refractivity (Wildman–Crippen MR) is 92.9 cm³/mol. The molecular formula is C18H22N4O3. The highest BCUT2D eigenvalue weighted by Crippen LogP contribution is 2.18. The minimum atomic E-state index is -0.0707. The number of nitrogens with zero attached hydrogens (tertiary/aromatic N) is 3. The van der Waals surface area contributed by atoms with E-state index >= 15 is 0 Å². The summed E-state index contributed by atoms with van der Waals surface area (Å²) < 4.78 is 5.47. The Labute approximate surface area is 146 Å². The molecule has 2 heterocycles. The molecule has 0 unspecified atom stereocenters. The van der Waals surface area contributed by atoms with Gasteiger partial charge in [0.2, 0.25) is 11.8 Å². The molecule has 1 aliphatic heterocycles. The maximum atomic E-state index is 12.4. The summed E-state index contributed by atoms with van der Waals surface area (Å²) >= 11 is 0. The van der Waals surface area contributed by atoms with Crippen molar-refractivity contribution >= 4 is 11.9 Å². The number of rotatable bonds is 4. The Morgan fingerprint density at radius 3 is 2.48 bits per heavy atom. The lowest BCUT2D eigenvalue weighted by atomic mass is 10.2. The molecule has 7 nitrogen and oxygen atoms in total. The van der Waals surface area contributed by atoms with Crippen molar-refractivity contribution in [2.45, 2.75) is 13.3 Å². The van der Waals surface area contributed by atoms with E-state index in [2.05, 4.69) is 10.3 Å². The van der Waals surface area contributed by atoms with E-state index in [9.17, 15) is 9.59 Å². The summed E-state index contributed by atoms with van der Waals surface area (Å²) in [6, 6.07) is 9.52. The van der Waals surface area contributed by atoms with Gasteiger partial charge in [-0.3, -0.25) is 4.79 Å². The largest absolute Gasteiger partial charge is 0.444 e. The van der Waals surface area contributed by atoms with Gasteiger partial charge in [-0.05, 0) is 19.1 Å². The van der Waals surface area contributed by atoms with Crippen molar-refractivity contribution in [3.8, 4) is 11.5 Å². The number of piperazine rings is 1. The number of nitrogens with one attached hydrogen (secondary N) is 1. The molecule has 0 bridgehead atoms. The Bertz CT molecular complexity index is 721. The number of benzene rings is 1. The molecule has 2 aromatic rings. The van der Waals surface area contributed by atoms with E-state index < -0.39 is 0 Å². The second-order valence-electron chi connectivity index (χ2n) is 5.89. The van der Waals surface area contributed by atoms with Gasteiger partial charge in [0.05, 0.1) is 12.1 Å². The SMILES string of the molecule is CCNC(=O)N1CCN(C(=O)Cc2coc(-c3ccccc3)n2)CC1. The lowest BCUT2D eigenvalue weighted by Gasteiger charge is -2.34. The normalized spacial score (nSPS) is 14.4. The molecule has 1 saturated heterocycles. The van der Waals surface area contributed by atoms with Crippen molar-refractivity contribution in [1.29, 1.82) is 0 Å². The van der Waals surface area contributed by atoms with Crippen LogP contribution in [0.15, 0.2) is 41.0 Å². The van der Waals surface area contributed by atoms with Gasteiger partial charge in [0.25, 0.3) is 0 Å². The van der Waals surface area contributed by atoms with Gasteiger partial charge in [0.1, 0.15) is 6.26 Å². The molecule has 0 spiro atoms. The average molecular weight is 342 g/mol. The van der Waals surface area contributed by atoms with Crippen LogP contribution in [0.4, 0.5) is 4.79 Å². The van der Waals surface area contributed by atoms with Crippen molar-refractivity contribution in [3.05, 3.63) is 42.3 Å². The maximum Gasteiger partial charge on any atom is 0.317 e. The van der Waals surface area contributed by atoms with Gasteiger partial charge in [0, 0.05) is 38.3 Å². The van der Waals surface area contributed by atoms with Crippen molar-refractivity contribution in [1.82, 2.24) is 20.1 Å². The number of hydrogen-bond donors (Lipinski definition) is 1. The van der Waals surface area contributed by atoms with Gasteiger partial charge in [-0.1, -0.05) is 18.2 Å². The van der Waals surface area contributed by atoms with Gasteiger partial charge in [0.15, 0.2) is 0 Å². The van der Waals surface area contributed by atoms with Crippen LogP contribution in [-0.2, 0) is 11.2 Å². The first-order valence-corrected chi connectivity index (χ1v) is 8.47. The molecule has 0 saturated carbocycles. The summed E-state index contributed by atoms with van der Waals surface area (Å²) in [6.07, 6.45) is 1.74. The Morgan fingerprint density at radius 2 is 1.80 bits per heavy atom. The molecule has 1 N–H and O–H groups in total. The summed E-state index contributed by atoms with van der Waals surface area (Å²) in [7, 11) is 0. The monoisotopic (exact) mass is 342 g/mol. The molecular weight excluding hydrogens is 320 g/mol. The van der Waals surface area contributed by atoms with Crippen molar-refractivity contribution in [3.63, 3.8) is 0 Å². The van der Waals surface area contributed by atoms with Crippen LogP contribution in [0.3, 0.4) is 0 Å². The zero-order chi connectivity index (χ0) is 17.6. The molecule has 132 valence electrons. The van der Waals surface area contributed by atoms with Crippen LogP contribution < -0.4 is 5.32 Å². The fraction of sp³-hybridized carbons (Fsp3) is 0.389. The van der Waals surface area contributed by atoms with Gasteiger partial charge in [-0.25, -0.2) is 9.78 Å². The highest BCUT2D eigenvalue weighted by molar-refractivity contribution is 5.79. The maximum absolute atomic E-state index is 12.4.